The summed E-state index contributed by atoms with van der Waals surface area (Å²) in [6.45, 7) is 12.8. The minimum Gasteiger partial charge on any atom is -0.357 e. The van der Waals surface area contributed by atoms with E-state index in [2.05, 4.69) is 47.2 Å². The molecule has 0 radical (unpaired) electrons. The smallest absolute Gasteiger partial charge is 0.192 e. The number of nitrogens with one attached hydrogen (secondary N) is 2. The summed E-state index contributed by atoms with van der Waals surface area (Å²) in [6.07, 6.45) is 5.21. The van der Waals surface area contributed by atoms with Gasteiger partial charge < -0.3 is 10.6 Å². The third-order valence-corrected chi connectivity index (χ3v) is 2.50. The highest BCUT2D eigenvalue weighted by atomic mass is 127. The molecule has 0 aliphatic heterocycles. The van der Waals surface area contributed by atoms with Gasteiger partial charge >= 0.3 is 0 Å². The van der Waals surface area contributed by atoms with Gasteiger partial charge in [-0.1, -0.05) is 12.8 Å². The molecule has 0 saturated heterocycles. The molecule has 0 atom stereocenters. The van der Waals surface area contributed by atoms with E-state index in [-0.39, 0.29) is 24.0 Å². The predicted octanol–water partition coefficient (Wildman–Crippen LogP) is 1.52. The number of hydrogen-bond donors (Lipinski definition) is 2. The highest BCUT2D eigenvalue weighted by molar-refractivity contribution is 14.0. The Bertz CT molecular complexity index is 258. The lowest BCUT2D eigenvalue weighted by molar-refractivity contribution is 0.240. The Kier molecular flexibility index (Phi) is 14.3. The molecule has 0 amide bonds. The van der Waals surface area contributed by atoms with Gasteiger partial charge in [0, 0.05) is 19.1 Å². The maximum Gasteiger partial charge on any atom is 0.192 e. The van der Waals surface area contributed by atoms with E-state index in [1.807, 2.05) is 6.92 Å². The van der Waals surface area contributed by atoms with E-state index < -0.39 is 0 Å². The van der Waals surface area contributed by atoms with Crippen molar-refractivity contribution in [3.63, 3.8) is 0 Å². The standard InChI is InChI=1S/C13H26N4.HI/c1-6-9-15-13(14-7-2)16-10-11-17(8-3)12(4)5;/h1,12H,7-11H2,2-5H3,(H2,14,15,16);1H. The summed E-state index contributed by atoms with van der Waals surface area (Å²) in [5.41, 5.74) is 0. The molecule has 0 aromatic heterocycles. The Morgan fingerprint density at radius 2 is 2.00 bits per heavy atom. The molecule has 0 aliphatic rings. The molecule has 0 bridgehead atoms. The molecule has 4 nitrogen and oxygen atoms in total. The Hall–Kier alpha value is -0.480. The van der Waals surface area contributed by atoms with Gasteiger partial charge in [-0.2, -0.15) is 0 Å². The fourth-order valence-corrected chi connectivity index (χ4v) is 1.55. The lowest BCUT2D eigenvalue weighted by Gasteiger charge is -2.23. The van der Waals surface area contributed by atoms with E-state index >= 15 is 0 Å². The van der Waals surface area contributed by atoms with E-state index in [4.69, 9.17) is 6.42 Å². The molecule has 0 heterocycles. The summed E-state index contributed by atoms with van der Waals surface area (Å²) in [6, 6.07) is 0.566. The van der Waals surface area contributed by atoms with Gasteiger partial charge in [-0.05, 0) is 27.3 Å². The molecule has 0 saturated carbocycles. The lowest BCUT2D eigenvalue weighted by atomic mass is 10.3. The average Bonchev–Trinajstić information content (AvgIpc) is 2.30. The largest absolute Gasteiger partial charge is 0.357 e. The fourth-order valence-electron chi connectivity index (χ4n) is 1.55. The van der Waals surface area contributed by atoms with Crippen LogP contribution in [0.1, 0.15) is 27.7 Å². The van der Waals surface area contributed by atoms with E-state index in [1.165, 1.54) is 0 Å². The number of rotatable bonds is 7. The van der Waals surface area contributed by atoms with Crippen LogP contribution in [0.5, 0.6) is 0 Å². The third-order valence-electron chi connectivity index (χ3n) is 2.50. The first-order valence-electron chi connectivity index (χ1n) is 6.35. The molecule has 18 heavy (non-hydrogen) atoms. The van der Waals surface area contributed by atoms with Crippen molar-refractivity contribution in [2.45, 2.75) is 33.7 Å². The van der Waals surface area contributed by atoms with Crippen LogP contribution in [0.25, 0.3) is 0 Å². The lowest BCUT2D eigenvalue weighted by Crippen LogP contribution is -2.38. The van der Waals surface area contributed by atoms with Crippen molar-refractivity contribution in [2.75, 3.05) is 32.7 Å². The van der Waals surface area contributed by atoms with Crippen LogP contribution in [0, 0.1) is 12.3 Å². The average molecular weight is 366 g/mol. The van der Waals surface area contributed by atoms with Gasteiger partial charge in [0.2, 0.25) is 0 Å². The van der Waals surface area contributed by atoms with Crippen molar-refractivity contribution >= 4 is 29.9 Å². The number of nitrogens with zero attached hydrogens (tertiary/aromatic N) is 2. The number of halogens is 1. The molecule has 0 spiro atoms. The molecule has 0 rings (SSSR count). The zero-order valence-corrected chi connectivity index (χ0v) is 14.3. The minimum absolute atomic E-state index is 0. The van der Waals surface area contributed by atoms with Gasteiger partial charge in [-0.15, -0.1) is 30.4 Å². The van der Waals surface area contributed by atoms with Crippen molar-refractivity contribution in [3.05, 3.63) is 0 Å². The van der Waals surface area contributed by atoms with Crippen LogP contribution in [0.15, 0.2) is 4.99 Å². The predicted molar refractivity (Wildman–Crippen MR) is 90.6 cm³/mol. The van der Waals surface area contributed by atoms with Crippen LogP contribution in [0.3, 0.4) is 0 Å². The Labute approximate surface area is 129 Å². The Balaban J connectivity index is 0. The van der Waals surface area contributed by atoms with Crippen LogP contribution >= 0.6 is 24.0 Å². The first-order valence-corrected chi connectivity index (χ1v) is 6.35. The number of likely N-dealkylation sites (N-methyl/N-ethyl adjacent to an activating group) is 1. The minimum atomic E-state index is 0. The molecule has 106 valence electrons. The van der Waals surface area contributed by atoms with Gasteiger partial charge in [0.15, 0.2) is 5.96 Å². The summed E-state index contributed by atoms with van der Waals surface area (Å²) < 4.78 is 0. The zero-order chi connectivity index (χ0) is 13.1. The number of aliphatic imine (C=N–C) groups is 1. The van der Waals surface area contributed by atoms with Crippen LogP contribution in [-0.4, -0.2) is 49.6 Å². The Morgan fingerprint density at radius 1 is 1.33 bits per heavy atom. The van der Waals surface area contributed by atoms with E-state index in [9.17, 15) is 0 Å². The number of guanidine groups is 1. The number of hydrogen-bond acceptors (Lipinski definition) is 2. The second kappa shape index (κ2) is 13.0. The van der Waals surface area contributed by atoms with Crippen LogP contribution in [-0.2, 0) is 0 Å². The number of terminal acetylenes is 1. The monoisotopic (exact) mass is 366 g/mol. The van der Waals surface area contributed by atoms with Gasteiger partial charge in [0.1, 0.15) is 0 Å². The second-order valence-corrected chi connectivity index (χ2v) is 4.04. The van der Waals surface area contributed by atoms with E-state index in [1.54, 1.807) is 0 Å². The maximum absolute atomic E-state index is 5.21. The van der Waals surface area contributed by atoms with Gasteiger partial charge in [-0.25, -0.2) is 0 Å². The fraction of sp³-hybridized carbons (Fsp3) is 0.769. The summed E-state index contributed by atoms with van der Waals surface area (Å²) in [7, 11) is 0. The second-order valence-electron chi connectivity index (χ2n) is 4.04. The molecular formula is C13H27IN4. The third kappa shape index (κ3) is 9.54. The molecule has 5 heteroatoms. The summed E-state index contributed by atoms with van der Waals surface area (Å²) >= 11 is 0. The van der Waals surface area contributed by atoms with Crippen molar-refractivity contribution < 1.29 is 0 Å². The highest BCUT2D eigenvalue weighted by Gasteiger charge is 2.05. The highest BCUT2D eigenvalue weighted by Crippen LogP contribution is 1.96. The van der Waals surface area contributed by atoms with Gasteiger partial charge in [-0.3, -0.25) is 9.89 Å². The molecule has 0 unspecified atom stereocenters. The van der Waals surface area contributed by atoms with Crippen molar-refractivity contribution in [2.24, 2.45) is 4.99 Å². The quantitative estimate of drug-likeness (QED) is 0.311. The van der Waals surface area contributed by atoms with E-state index in [0.717, 1.165) is 32.1 Å². The molecule has 0 aliphatic carbocycles. The molecular weight excluding hydrogens is 339 g/mol. The topological polar surface area (TPSA) is 39.7 Å². The summed E-state index contributed by atoms with van der Waals surface area (Å²) in [4.78, 5) is 6.86. The Morgan fingerprint density at radius 3 is 2.44 bits per heavy atom. The van der Waals surface area contributed by atoms with Gasteiger partial charge in [0.05, 0.1) is 13.1 Å². The zero-order valence-electron chi connectivity index (χ0n) is 12.0. The van der Waals surface area contributed by atoms with Crippen molar-refractivity contribution in [3.8, 4) is 12.3 Å². The van der Waals surface area contributed by atoms with Crippen LogP contribution < -0.4 is 10.6 Å². The maximum atomic E-state index is 5.21. The van der Waals surface area contributed by atoms with Crippen molar-refractivity contribution in [1.82, 2.24) is 15.5 Å². The normalized spacial score (nSPS) is 11.1. The first kappa shape index (κ1) is 19.9. The molecule has 0 aromatic carbocycles. The summed E-state index contributed by atoms with van der Waals surface area (Å²) in [5.74, 6) is 3.34. The van der Waals surface area contributed by atoms with E-state index in [0.29, 0.717) is 12.6 Å². The van der Waals surface area contributed by atoms with Crippen molar-refractivity contribution in [1.29, 1.82) is 0 Å². The molecule has 2 N–H and O–H groups in total. The van der Waals surface area contributed by atoms with Gasteiger partial charge in [0.25, 0.3) is 0 Å². The molecule has 0 fully saturated rings. The van der Waals surface area contributed by atoms with Crippen LogP contribution in [0.4, 0.5) is 0 Å². The SMILES string of the molecule is C#CCNC(=NCCN(CC)C(C)C)NCC.I. The van der Waals surface area contributed by atoms with Crippen LogP contribution in [0.2, 0.25) is 0 Å². The molecule has 0 aromatic rings. The summed E-state index contributed by atoms with van der Waals surface area (Å²) in [5, 5.41) is 6.24. The first-order chi connectivity index (χ1) is 8.15.